The molecule has 3 aromatic carbocycles. The maximum absolute atomic E-state index is 12.6. The second-order valence-electron chi connectivity index (χ2n) is 5.36. The van der Waals surface area contributed by atoms with Crippen LogP contribution < -0.4 is 44.3 Å². The van der Waals surface area contributed by atoms with Crippen molar-refractivity contribution in [1.82, 2.24) is 0 Å². The fraction of sp³-hybridized carbons (Fsp3) is 0.105. The van der Waals surface area contributed by atoms with E-state index in [4.69, 9.17) is 21.1 Å². The Bertz CT molecular complexity index is 962. The minimum atomic E-state index is -0.470. The molecule has 0 bridgehead atoms. The van der Waals surface area contributed by atoms with Gasteiger partial charge in [-0.1, -0.05) is 35.9 Å². The average Bonchev–Trinajstić information content (AvgIpc) is 2.61. The molecular weight excluding hydrogens is 365 g/mol. The predicted molar refractivity (Wildman–Crippen MR) is 98.1 cm³/mol. The zero-order valence-corrected chi connectivity index (χ0v) is 17.4. The van der Waals surface area contributed by atoms with Crippen LogP contribution in [0.15, 0.2) is 48.5 Å². The number of nitrogens with one attached hydrogen (secondary N) is 1. The summed E-state index contributed by atoms with van der Waals surface area (Å²) in [5.74, 6) is 0.262. The molecule has 0 radical (unpaired) electrons. The van der Waals surface area contributed by atoms with Gasteiger partial charge >= 0.3 is 29.6 Å². The molecule has 0 spiro atoms. The van der Waals surface area contributed by atoms with Crippen molar-refractivity contribution in [3.63, 3.8) is 0 Å². The van der Waals surface area contributed by atoms with Gasteiger partial charge in [0.15, 0.2) is 0 Å². The number of hydrogen-bond acceptors (Lipinski definition) is 4. The van der Waals surface area contributed by atoms with Crippen molar-refractivity contribution in [2.24, 2.45) is 0 Å². The number of anilines is 1. The van der Waals surface area contributed by atoms with E-state index in [9.17, 15) is 9.90 Å². The molecule has 0 saturated carbocycles. The van der Waals surface area contributed by atoms with Gasteiger partial charge in [-0.25, -0.2) is 0 Å². The number of benzene rings is 3. The number of rotatable bonds is 4. The molecular formula is C19H16ClNNaO4+. The van der Waals surface area contributed by atoms with E-state index in [0.29, 0.717) is 22.2 Å². The van der Waals surface area contributed by atoms with Gasteiger partial charge in [-0.15, -0.1) is 0 Å². The monoisotopic (exact) mass is 380 g/mol. The van der Waals surface area contributed by atoms with Gasteiger partial charge < -0.3 is 19.9 Å². The van der Waals surface area contributed by atoms with Crippen molar-refractivity contribution in [1.29, 1.82) is 0 Å². The first-order valence-corrected chi connectivity index (χ1v) is 7.86. The molecule has 3 aromatic rings. The topological polar surface area (TPSA) is 67.8 Å². The van der Waals surface area contributed by atoms with E-state index in [0.717, 1.165) is 10.8 Å². The summed E-state index contributed by atoms with van der Waals surface area (Å²) in [6.45, 7) is 0. The molecule has 0 aliphatic carbocycles. The van der Waals surface area contributed by atoms with E-state index in [2.05, 4.69) is 5.32 Å². The third-order valence-corrected chi connectivity index (χ3v) is 4.13. The summed E-state index contributed by atoms with van der Waals surface area (Å²) in [4.78, 5) is 12.6. The SMILES string of the molecule is COc1cc(OC)c(NC(=O)c2cc3ccccc3cc2O)cc1Cl.[Na+]. The maximum atomic E-state index is 12.6. The van der Waals surface area contributed by atoms with E-state index in [1.807, 2.05) is 24.3 Å². The Morgan fingerprint density at radius 2 is 1.62 bits per heavy atom. The molecule has 1 amide bonds. The van der Waals surface area contributed by atoms with Crippen LogP contribution >= 0.6 is 11.6 Å². The smallest absolute Gasteiger partial charge is 0.507 e. The molecule has 26 heavy (non-hydrogen) atoms. The number of phenolic OH excluding ortho intramolecular Hbond substituents is 1. The Labute approximate surface area is 178 Å². The largest absolute Gasteiger partial charge is 1.00 e. The van der Waals surface area contributed by atoms with E-state index >= 15 is 0 Å². The Morgan fingerprint density at radius 1 is 1.00 bits per heavy atom. The van der Waals surface area contributed by atoms with Gasteiger partial charge in [0.2, 0.25) is 0 Å². The van der Waals surface area contributed by atoms with Crippen LogP contribution in [0.1, 0.15) is 10.4 Å². The number of halogens is 1. The Hall–Kier alpha value is -1.92. The number of hydrogen-bond donors (Lipinski definition) is 2. The molecule has 0 aliphatic rings. The van der Waals surface area contributed by atoms with Crippen LogP contribution in [0.25, 0.3) is 10.8 Å². The Balaban J connectivity index is 0.00000243. The zero-order chi connectivity index (χ0) is 18.0. The van der Waals surface area contributed by atoms with E-state index < -0.39 is 5.91 Å². The van der Waals surface area contributed by atoms with Gasteiger partial charge in [0.25, 0.3) is 5.91 Å². The number of phenols is 1. The summed E-state index contributed by atoms with van der Waals surface area (Å²) in [7, 11) is 2.97. The van der Waals surface area contributed by atoms with Gasteiger partial charge in [-0.05, 0) is 29.0 Å². The molecule has 0 saturated heterocycles. The quantitative estimate of drug-likeness (QED) is 0.673. The molecule has 0 aliphatic heterocycles. The minimum Gasteiger partial charge on any atom is -0.507 e. The number of carbonyl (C=O) groups excluding carboxylic acids is 1. The first-order chi connectivity index (χ1) is 12.0. The Kier molecular flexibility index (Phi) is 6.78. The van der Waals surface area contributed by atoms with Crippen molar-refractivity contribution in [3.8, 4) is 17.2 Å². The van der Waals surface area contributed by atoms with Crippen molar-refractivity contribution in [2.45, 2.75) is 0 Å². The first-order valence-electron chi connectivity index (χ1n) is 7.48. The number of fused-ring (bicyclic) bond motifs is 1. The molecule has 5 nitrogen and oxygen atoms in total. The van der Waals surface area contributed by atoms with Gasteiger partial charge in [0, 0.05) is 6.07 Å². The third kappa shape index (κ3) is 4.07. The first kappa shape index (κ1) is 20.4. The summed E-state index contributed by atoms with van der Waals surface area (Å²) in [5.41, 5.74) is 0.540. The normalized spacial score (nSPS) is 10.1. The predicted octanol–water partition coefficient (Wildman–Crippen LogP) is 1.47. The zero-order valence-electron chi connectivity index (χ0n) is 14.7. The van der Waals surface area contributed by atoms with E-state index in [1.54, 1.807) is 18.2 Å². The number of aromatic hydroxyl groups is 1. The van der Waals surface area contributed by atoms with Crippen LogP contribution in [0.2, 0.25) is 5.02 Å². The molecule has 128 valence electrons. The van der Waals surface area contributed by atoms with Gasteiger partial charge in [-0.2, -0.15) is 0 Å². The van der Waals surface area contributed by atoms with Crippen LogP contribution in [0.5, 0.6) is 17.2 Å². The van der Waals surface area contributed by atoms with Gasteiger partial charge in [-0.3, -0.25) is 4.79 Å². The molecule has 2 N–H and O–H groups in total. The van der Waals surface area contributed by atoms with Crippen molar-refractivity contribution in [3.05, 3.63) is 59.1 Å². The van der Waals surface area contributed by atoms with Crippen LogP contribution in [-0.4, -0.2) is 25.2 Å². The average molecular weight is 381 g/mol. The van der Waals surface area contributed by atoms with E-state index in [-0.39, 0.29) is 40.9 Å². The number of ether oxygens (including phenoxy) is 2. The van der Waals surface area contributed by atoms with Gasteiger partial charge in [0.1, 0.15) is 17.2 Å². The molecule has 0 unspecified atom stereocenters. The number of carbonyl (C=O) groups is 1. The van der Waals surface area contributed by atoms with Gasteiger partial charge in [0.05, 0.1) is 30.5 Å². The van der Waals surface area contributed by atoms with Crippen molar-refractivity contribution in [2.75, 3.05) is 19.5 Å². The summed E-state index contributed by atoms with van der Waals surface area (Å²) in [5, 5.41) is 14.9. The molecule has 0 atom stereocenters. The molecule has 7 heteroatoms. The summed E-state index contributed by atoms with van der Waals surface area (Å²) in [6.07, 6.45) is 0. The molecule has 0 fully saturated rings. The number of methoxy groups -OCH3 is 2. The fourth-order valence-corrected chi connectivity index (χ4v) is 2.80. The third-order valence-electron chi connectivity index (χ3n) is 3.83. The van der Waals surface area contributed by atoms with Crippen LogP contribution in [-0.2, 0) is 0 Å². The summed E-state index contributed by atoms with van der Waals surface area (Å²) >= 11 is 6.12. The molecule has 0 aromatic heterocycles. The van der Waals surface area contributed by atoms with Crippen LogP contribution in [0.4, 0.5) is 5.69 Å². The maximum Gasteiger partial charge on any atom is 1.00 e. The van der Waals surface area contributed by atoms with Crippen LogP contribution in [0.3, 0.4) is 0 Å². The Morgan fingerprint density at radius 3 is 2.23 bits per heavy atom. The minimum absolute atomic E-state index is 0. The second-order valence-corrected chi connectivity index (χ2v) is 5.76. The molecule has 0 heterocycles. The van der Waals surface area contributed by atoms with Crippen molar-refractivity contribution < 1.29 is 48.9 Å². The van der Waals surface area contributed by atoms with Crippen molar-refractivity contribution >= 4 is 34.0 Å². The van der Waals surface area contributed by atoms with E-state index in [1.165, 1.54) is 20.3 Å². The summed E-state index contributed by atoms with van der Waals surface area (Å²) in [6, 6.07) is 13.8. The standard InChI is InChI=1S/C19H16ClNO4.Na/c1-24-17-10-18(25-2)15(9-14(17)20)21-19(23)13-7-11-5-3-4-6-12(11)8-16(13)22;/h3-10,22H,1-2H3,(H,21,23);/q;+1. The second kappa shape index (κ2) is 8.64. The van der Waals surface area contributed by atoms with Crippen LogP contribution in [0, 0.1) is 0 Å². The fourth-order valence-electron chi connectivity index (χ4n) is 2.56. The summed E-state index contributed by atoms with van der Waals surface area (Å²) < 4.78 is 10.4. The number of amides is 1. The molecule has 3 rings (SSSR count).